The van der Waals surface area contributed by atoms with Crippen molar-refractivity contribution in [1.82, 2.24) is 0 Å². The van der Waals surface area contributed by atoms with Gasteiger partial charge in [0.2, 0.25) is 6.67 Å². The summed E-state index contributed by atoms with van der Waals surface area (Å²) in [4.78, 5) is 11.2. The van der Waals surface area contributed by atoms with Crippen molar-refractivity contribution in [3.8, 4) is 0 Å². The number of likely N-dealkylation sites (tertiary alicyclic amines) is 1. The van der Waals surface area contributed by atoms with Crippen LogP contribution >= 0.6 is 0 Å². The molecule has 5 heteroatoms. The molecule has 104 valence electrons. The molecule has 1 saturated heterocycles. The number of ether oxygens (including phenoxy) is 1. The fourth-order valence-electron chi connectivity index (χ4n) is 2.33. The van der Waals surface area contributed by atoms with Gasteiger partial charge in [0.15, 0.2) is 0 Å². The predicted molar refractivity (Wildman–Crippen MR) is 70.2 cm³/mol. The quantitative estimate of drug-likeness (QED) is 0.311. The van der Waals surface area contributed by atoms with Crippen molar-refractivity contribution in [3.05, 3.63) is 17.4 Å². The fourth-order valence-corrected chi connectivity index (χ4v) is 2.33. The van der Waals surface area contributed by atoms with Gasteiger partial charge in [0, 0.05) is 18.4 Å². The Hall–Kier alpha value is -0.910. The Bertz CT molecular complexity index is 320. The lowest BCUT2D eigenvalue weighted by molar-refractivity contribution is -1.06. The predicted octanol–water partition coefficient (Wildman–Crippen LogP) is 1.25. The van der Waals surface area contributed by atoms with E-state index in [1.807, 2.05) is 14.1 Å². The van der Waals surface area contributed by atoms with Gasteiger partial charge in [-0.05, 0) is 6.92 Å². The number of likely N-dealkylation sites (N-methyl/N-ethyl adjacent to an activating group) is 1. The highest BCUT2D eigenvalue weighted by atomic mass is 16.6. The molecule has 1 aliphatic heterocycles. The lowest BCUT2D eigenvalue weighted by atomic mass is 10.4. The van der Waals surface area contributed by atoms with E-state index in [1.54, 1.807) is 6.92 Å². The van der Waals surface area contributed by atoms with Crippen LogP contribution in [0.2, 0.25) is 0 Å². The minimum absolute atomic E-state index is 0.110. The van der Waals surface area contributed by atoms with E-state index in [9.17, 15) is 10.0 Å². The summed E-state index contributed by atoms with van der Waals surface area (Å²) in [7, 11) is 4.01. The van der Waals surface area contributed by atoms with Gasteiger partial charge in [-0.3, -0.25) is 4.48 Å². The zero-order valence-electron chi connectivity index (χ0n) is 11.8. The number of esters is 1. The summed E-state index contributed by atoms with van der Waals surface area (Å²) in [5.41, 5.74) is 0.409. The molecule has 0 atom stereocenters. The molecule has 5 nitrogen and oxygen atoms in total. The van der Waals surface area contributed by atoms with E-state index in [-0.39, 0.29) is 10.6 Å². The second-order valence-corrected chi connectivity index (χ2v) is 5.93. The molecule has 0 amide bonds. The lowest BCUT2D eigenvalue weighted by Gasteiger charge is -2.43. The van der Waals surface area contributed by atoms with E-state index < -0.39 is 0 Å². The maximum atomic E-state index is 12.3. The summed E-state index contributed by atoms with van der Waals surface area (Å²) in [5, 5.41) is 12.3. The van der Waals surface area contributed by atoms with Crippen molar-refractivity contribution in [2.45, 2.75) is 19.8 Å². The topological polar surface area (TPSA) is 49.4 Å². The molecule has 1 fully saturated rings. The van der Waals surface area contributed by atoms with Crippen LogP contribution in [-0.4, -0.2) is 62.1 Å². The van der Waals surface area contributed by atoms with Crippen molar-refractivity contribution < 1.29 is 18.7 Å². The number of hydrogen-bond acceptors (Lipinski definition) is 3. The van der Waals surface area contributed by atoms with E-state index in [2.05, 4.69) is 6.58 Å². The summed E-state index contributed by atoms with van der Waals surface area (Å²) < 4.78 is 5.54. The molecule has 0 bridgehead atoms. The number of nitrogens with zero attached hydrogens (tertiary/aromatic N) is 2. The second-order valence-electron chi connectivity index (χ2n) is 5.93. The third-order valence-electron chi connectivity index (χ3n) is 3.30. The molecule has 0 spiro atoms. The average Bonchev–Trinajstić information content (AvgIpc) is 2.62. The summed E-state index contributed by atoms with van der Waals surface area (Å²) in [6.07, 6.45) is 2.04. The smallest absolute Gasteiger partial charge is 0.333 e. The molecule has 18 heavy (non-hydrogen) atoms. The third kappa shape index (κ3) is 4.76. The van der Waals surface area contributed by atoms with Crippen LogP contribution in [0.1, 0.15) is 19.8 Å². The molecule has 0 aromatic carbocycles. The van der Waals surface area contributed by atoms with Gasteiger partial charge in [0.25, 0.3) is 0 Å². The highest BCUT2D eigenvalue weighted by Crippen LogP contribution is 2.19. The zero-order chi connectivity index (χ0) is 13.8. The molecule has 1 heterocycles. The van der Waals surface area contributed by atoms with Crippen molar-refractivity contribution in [2.75, 3.05) is 47.0 Å². The lowest BCUT2D eigenvalue weighted by Crippen LogP contribution is -2.56. The molecule has 0 unspecified atom stereocenters. The molecule has 1 rings (SSSR count). The minimum Gasteiger partial charge on any atom is -0.629 e. The van der Waals surface area contributed by atoms with Crippen molar-refractivity contribution >= 4 is 5.97 Å². The number of carbonyl (C=O) groups is 1. The van der Waals surface area contributed by atoms with E-state index >= 15 is 0 Å². The van der Waals surface area contributed by atoms with Gasteiger partial charge in [-0.2, -0.15) is 0 Å². The normalized spacial score (nSPS) is 18.7. The number of carbonyl (C=O) groups excluding carboxylic acids is 1. The van der Waals surface area contributed by atoms with Crippen LogP contribution < -0.4 is 0 Å². The van der Waals surface area contributed by atoms with Crippen LogP contribution in [0, 0.1) is 5.21 Å². The Kier molecular flexibility index (Phi) is 4.90. The highest BCUT2D eigenvalue weighted by molar-refractivity contribution is 5.86. The Balaban J connectivity index is 2.35. The van der Waals surface area contributed by atoms with E-state index in [0.29, 0.717) is 43.0 Å². The molecule has 0 aromatic heterocycles. The van der Waals surface area contributed by atoms with Crippen LogP contribution in [0.4, 0.5) is 0 Å². The first-order valence-corrected chi connectivity index (χ1v) is 6.46. The summed E-state index contributed by atoms with van der Waals surface area (Å²) in [6, 6.07) is 0. The fraction of sp³-hybridized carbons (Fsp3) is 0.769. The monoisotopic (exact) mass is 257 g/mol. The Morgan fingerprint density at radius 1 is 1.39 bits per heavy atom. The Labute approximate surface area is 109 Å². The maximum Gasteiger partial charge on any atom is 0.333 e. The molecule has 0 radical (unpaired) electrons. The van der Waals surface area contributed by atoms with Gasteiger partial charge >= 0.3 is 5.97 Å². The first-order chi connectivity index (χ1) is 8.24. The SMILES string of the molecule is C=C(C)C(=O)OCC[N+](C)(C)C[N+]1([O-])CCCC1. The molecule has 0 aromatic rings. The Morgan fingerprint density at radius 3 is 2.44 bits per heavy atom. The third-order valence-corrected chi connectivity index (χ3v) is 3.30. The van der Waals surface area contributed by atoms with E-state index in [0.717, 1.165) is 12.8 Å². The Morgan fingerprint density at radius 2 is 1.94 bits per heavy atom. The molecule has 1 aliphatic rings. The van der Waals surface area contributed by atoms with E-state index in [4.69, 9.17) is 4.74 Å². The molecule has 0 saturated carbocycles. The van der Waals surface area contributed by atoms with Crippen LogP contribution in [0.5, 0.6) is 0 Å². The van der Waals surface area contributed by atoms with Gasteiger partial charge in [-0.25, -0.2) is 4.79 Å². The maximum absolute atomic E-state index is 12.3. The van der Waals surface area contributed by atoms with Crippen molar-refractivity contribution in [3.63, 3.8) is 0 Å². The molecular weight excluding hydrogens is 232 g/mol. The summed E-state index contributed by atoms with van der Waals surface area (Å²) in [6.45, 7) is 8.12. The highest BCUT2D eigenvalue weighted by Gasteiger charge is 2.31. The van der Waals surface area contributed by atoms with Crippen LogP contribution in [-0.2, 0) is 9.53 Å². The van der Waals surface area contributed by atoms with Gasteiger partial charge in [0.05, 0.1) is 27.2 Å². The first kappa shape index (κ1) is 15.1. The zero-order valence-corrected chi connectivity index (χ0v) is 11.8. The summed E-state index contributed by atoms with van der Waals surface area (Å²) >= 11 is 0. The number of hydrogen-bond donors (Lipinski definition) is 0. The van der Waals surface area contributed by atoms with E-state index in [1.165, 1.54) is 0 Å². The van der Waals surface area contributed by atoms with Gasteiger partial charge < -0.3 is 14.6 Å². The van der Waals surface area contributed by atoms with Gasteiger partial charge in [0.1, 0.15) is 13.2 Å². The number of quaternary nitrogens is 2. The van der Waals surface area contributed by atoms with Crippen LogP contribution in [0.15, 0.2) is 12.2 Å². The van der Waals surface area contributed by atoms with Gasteiger partial charge in [-0.15, -0.1) is 0 Å². The molecule has 0 N–H and O–H groups in total. The number of hydroxylamine groups is 3. The van der Waals surface area contributed by atoms with Crippen LogP contribution in [0.25, 0.3) is 0 Å². The average molecular weight is 257 g/mol. The second kappa shape index (κ2) is 5.82. The summed E-state index contributed by atoms with van der Waals surface area (Å²) in [5.74, 6) is -0.359. The van der Waals surface area contributed by atoms with Gasteiger partial charge in [-0.1, -0.05) is 6.58 Å². The van der Waals surface area contributed by atoms with Crippen molar-refractivity contribution in [1.29, 1.82) is 0 Å². The number of rotatable bonds is 6. The molecule has 0 aliphatic carbocycles. The first-order valence-electron chi connectivity index (χ1n) is 6.46. The minimum atomic E-state index is -0.359. The van der Waals surface area contributed by atoms with Crippen LogP contribution in [0.3, 0.4) is 0 Å². The largest absolute Gasteiger partial charge is 0.629 e. The molecular formula is C13H25N2O3+. The standard InChI is InChI=1S/C13H25N2O3/c1-12(2)13(16)18-10-9-14(3,4)11-15(17)7-5-6-8-15/h1,5-11H2,2-4H3/q+1. The van der Waals surface area contributed by atoms with Crippen molar-refractivity contribution in [2.24, 2.45) is 0 Å².